The highest BCUT2D eigenvalue weighted by Crippen LogP contribution is 2.21. The van der Waals surface area contributed by atoms with Crippen molar-refractivity contribution in [3.05, 3.63) is 102 Å². The predicted octanol–water partition coefficient (Wildman–Crippen LogP) is 8.98. The van der Waals surface area contributed by atoms with Gasteiger partial charge in [-0.3, -0.25) is 4.98 Å². The van der Waals surface area contributed by atoms with E-state index in [1.165, 1.54) is 11.1 Å². The van der Waals surface area contributed by atoms with Crippen molar-refractivity contribution in [1.29, 1.82) is 0 Å². The van der Waals surface area contributed by atoms with Crippen molar-refractivity contribution in [1.82, 2.24) is 4.98 Å². The first-order valence-corrected chi connectivity index (χ1v) is 10.8. The van der Waals surface area contributed by atoms with Crippen molar-refractivity contribution in [2.75, 3.05) is 0 Å². The minimum atomic E-state index is 0. The molecule has 0 saturated heterocycles. The Kier molecular flexibility index (Phi) is 11.5. The molecule has 0 bridgehead atoms. The van der Waals surface area contributed by atoms with Crippen LogP contribution in [0.5, 0.6) is 0 Å². The number of pyridine rings is 1. The molecule has 0 aliphatic heterocycles. The van der Waals surface area contributed by atoms with Gasteiger partial charge in [-0.05, 0) is 34.1 Å². The van der Waals surface area contributed by atoms with Crippen LogP contribution in [0, 0.1) is 0 Å². The second-order valence-electron chi connectivity index (χ2n) is 10.7. The number of hydrogen-bond acceptors (Lipinski definition) is 1. The minimum absolute atomic E-state index is 0. The third-order valence-electron chi connectivity index (χ3n) is 4.71. The van der Waals surface area contributed by atoms with E-state index in [0.717, 1.165) is 5.69 Å². The molecule has 0 saturated carbocycles. The highest BCUT2D eigenvalue weighted by atomic mass is 14.7. The van der Waals surface area contributed by atoms with Crippen LogP contribution in [0.3, 0.4) is 0 Å². The Bertz CT molecular complexity index is 697. The molecule has 0 aliphatic rings. The third kappa shape index (κ3) is 11.5. The molecule has 1 heterocycles. The molecule has 31 heavy (non-hydrogen) atoms. The molecular formula is C30H45N. The van der Waals surface area contributed by atoms with Crippen LogP contribution in [-0.2, 0) is 16.2 Å². The van der Waals surface area contributed by atoms with Gasteiger partial charge in [-0.15, -0.1) is 0 Å². The molecule has 1 heteroatoms. The Morgan fingerprint density at radius 1 is 0.452 bits per heavy atom. The second-order valence-corrected chi connectivity index (χ2v) is 10.7. The summed E-state index contributed by atoms with van der Waals surface area (Å²) in [6.45, 7) is 19.8. The molecule has 170 valence electrons. The molecule has 1 aromatic heterocycles. The van der Waals surface area contributed by atoms with Gasteiger partial charge >= 0.3 is 0 Å². The van der Waals surface area contributed by atoms with E-state index in [1.54, 1.807) is 0 Å². The Morgan fingerprint density at radius 3 is 1.00 bits per heavy atom. The molecule has 3 rings (SSSR count). The maximum absolute atomic E-state index is 4.25. The quantitative estimate of drug-likeness (QED) is 0.354. The highest BCUT2D eigenvalue weighted by molar-refractivity contribution is 5.22. The van der Waals surface area contributed by atoms with Crippen LogP contribution < -0.4 is 0 Å². The van der Waals surface area contributed by atoms with Crippen LogP contribution >= 0.6 is 0 Å². The molecular weight excluding hydrogens is 374 g/mol. The Hall–Kier alpha value is -2.41. The smallest absolute Gasteiger partial charge is 0.0457 e. The molecule has 0 unspecified atom stereocenters. The Balaban J connectivity index is 0.000000429. The van der Waals surface area contributed by atoms with Gasteiger partial charge in [-0.2, -0.15) is 0 Å². The zero-order valence-corrected chi connectivity index (χ0v) is 20.5. The van der Waals surface area contributed by atoms with Gasteiger partial charge in [0.1, 0.15) is 0 Å². The second kappa shape index (κ2) is 12.4. The molecule has 0 spiro atoms. The largest absolute Gasteiger partial charge is 0.261 e. The number of hydrogen-bond donors (Lipinski definition) is 0. The summed E-state index contributed by atoms with van der Waals surface area (Å²) in [5.74, 6) is 0. The van der Waals surface area contributed by atoms with E-state index in [9.17, 15) is 0 Å². The molecule has 0 fully saturated rings. The van der Waals surface area contributed by atoms with Gasteiger partial charge < -0.3 is 0 Å². The lowest BCUT2D eigenvalue weighted by atomic mass is 9.87. The maximum Gasteiger partial charge on any atom is 0.0457 e. The SMILES string of the molecule is C.CC(C)(C)c1ccccc1.CC(C)(C)c1ccccc1.CC(C)(C)c1ccccn1. The predicted molar refractivity (Wildman–Crippen MR) is 140 cm³/mol. The Morgan fingerprint density at radius 2 is 0.806 bits per heavy atom. The van der Waals surface area contributed by atoms with Crippen LogP contribution in [0.2, 0.25) is 0 Å². The maximum atomic E-state index is 4.25. The molecule has 0 radical (unpaired) electrons. The average Bonchev–Trinajstić information content (AvgIpc) is 2.69. The fourth-order valence-corrected chi connectivity index (χ4v) is 2.68. The van der Waals surface area contributed by atoms with E-state index in [0.29, 0.717) is 10.8 Å². The number of nitrogens with zero attached hydrogens (tertiary/aromatic N) is 1. The summed E-state index contributed by atoms with van der Waals surface area (Å²) in [6, 6.07) is 27.1. The van der Waals surface area contributed by atoms with Gasteiger partial charge in [-0.25, -0.2) is 0 Å². The summed E-state index contributed by atoms with van der Waals surface area (Å²) in [5.41, 5.74) is 4.71. The summed E-state index contributed by atoms with van der Waals surface area (Å²) in [7, 11) is 0. The van der Waals surface area contributed by atoms with Gasteiger partial charge in [0.25, 0.3) is 0 Å². The van der Waals surface area contributed by atoms with E-state index in [2.05, 4.69) is 134 Å². The summed E-state index contributed by atoms with van der Waals surface area (Å²) in [5, 5.41) is 0. The highest BCUT2D eigenvalue weighted by Gasteiger charge is 2.13. The zero-order chi connectivity index (χ0) is 22.8. The van der Waals surface area contributed by atoms with Crippen LogP contribution in [0.15, 0.2) is 85.1 Å². The third-order valence-corrected chi connectivity index (χ3v) is 4.71. The topological polar surface area (TPSA) is 12.9 Å². The van der Waals surface area contributed by atoms with Crippen molar-refractivity contribution in [3.8, 4) is 0 Å². The van der Waals surface area contributed by atoms with E-state index in [4.69, 9.17) is 0 Å². The lowest BCUT2D eigenvalue weighted by Gasteiger charge is -2.18. The lowest BCUT2D eigenvalue weighted by Crippen LogP contribution is -2.12. The van der Waals surface area contributed by atoms with Crippen LogP contribution in [0.1, 0.15) is 86.6 Å². The van der Waals surface area contributed by atoms with Crippen molar-refractivity contribution < 1.29 is 0 Å². The fraction of sp³-hybridized carbons (Fsp3) is 0.433. The van der Waals surface area contributed by atoms with E-state index in [-0.39, 0.29) is 12.8 Å². The fourth-order valence-electron chi connectivity index (χ4n) is 2.68. The number of aromatic nitrogens is 1. The van der Waals surface area contributed by atoms with Gasteiger partial charge in [-0.1, -0.05) is 136 Å². The summed E-state index contributed by atoms with van der Waals surface area (Å²) in [4.78, 5) is 4.25. The first-order chi connectivity index (χ1) is 13.8. The van der Waals surface area contributed by atoms with Crippen molar-refractivity contribution in [3.63, 3.8) is 0 Å². The van der Waals surface area contributed by atoms with Crippen molar-refractivity contribution >= 4 is 0 Å². The minimum Gasteiger partial charge on any atom is -0.261 e. The first kappa shape index (κ1) is 28.6. The summed E-state index contributed by atoms with van der Waals surface area (Å²) < 4.78 is 0. The Labute approximate surface area is 193 Å². The van der Waals surface area contributed by atoms with Crippen molar-refractivity contribution in [2.45, 2.75) is 86.0 Å². The molecule has 0 N–H and O–H groups in total. The molecule has 1 nitrogen and oxygen atoms in total. The average molecular weight is 420 g/mol. The molecule has 2 aromatic carbocycles. The zero-order valence-electron chi connectivity index (χ0n) is 20.5. The van der Waals surface area contributed by atoms with Crippen LogP contribution in [-0.4, -0.2) is 4.98 Å². The molecule has 3 aromatic rings. The van der Waals surface area contributed by atoms with Gasteiger partial charge in [0.15, 0.2) is 0 Å². The first-order valence-electron chi connectivity index (χ1n) is 10.8. The molecule has 0 atom stereocenters. The van der Waals surface area contributed by atoms with Gasteiger partial charge in [0, 0.05) is 17.3 Å². The van der Waals surface area contributed by atoms with E-state index >= 15 is 0 Å². The standard InChI is InChI=1S/2C10H14.C9H13N.CH4/c2*1-10(2,3)9-7-5-4-6-8-9;1-9(2,3)8-6-4-5-7-10-8;/h2*4-8H,1-3H3;4-7H,1-3H3;1H4. The molecule has 0 amide bonds. The van der Waals surface area contributed by atoms with E-state index < -0.39 is 0 Å². The molecule has 0 aliphatic carbocycles. The monoisotopic (exact) mass is 419 g/mol. The van der Waals surface area contributed by atoms with Crippen LogP contribution in [0.25, 0.3) is 0 Å². The van der Waals surface area contributed by atoms with E-state index in [1.807, 2.05) is 18.3 Å². The van der Waals surface area contributed by atoms with Gasteiger partial charge in [0.2, 0.25) is 0 Å². The summed E-state index contributed by atoms with van der Waals surface area (Å²) >= 11 is 0. The summed E-state index contributed by atoms with van der Waals surface area (Å²) in [6.07, 6.45) is 1.83. The normalized spacial score (nSPS) is 11.1. The van der Waals surface area contributed by atoms with Crippen molar-refractivity contribution in [2.24, 2.45) is 0 Å². The lowest BCUT2D eigenvalue weighted by molar-refractivity contribution is 0.569. The number of benzene rings is 2. The van der Waals surface area contributed by atoms with Crippen LogP contribution in [0.4, 0.5) is 0 Å². The van der Waals surface area contributed by atoms with Gasteiger partial charge in [0.05, 0.1) is 0 Å². The number of rotatable bonds is 0.